The number of unbranched alkanes of at least 4 members (excludes halogenated alkanes) is 21. The number of allylic oxidation sites excluding steroid dienone is 22. The van der Waals surface area contributed by atoms with Crippen LogP contribution < -0.4 is 0 Å². The van der Waals surface area contributed by atoms with Crippen molar-refractivity contribution in [2.45, 2.75) is 271 Å². The van der Waals surface area contributed by atoms with Crippen LogP contribution in [-0.4, -0.2) is 37.2 Å². The lowest BCUT2D eigenvalue weighted by Gasteiger charge is -2.18. The fourth-order valence-corrected chi connectivity index (χ4v) is 8.08. The van der Waals surface area contributed by atoms with Gasteiger partial charge in [0.2, 0.25) is 0 Å². The van der Waals surface area contributed by atoms with E-state index < -0.39 is 6.10 Å². The SMILES string of the molecule is CC/C=C\C/C=C\C/C=C\C/C=C\C/C=C\C/C=C\CCCCCCCCCCC(=O)OCC(COC(=O)CCCCCCC/C=C\CCCCCC)OC(=O)CCCCCC/C=C\C/C=C\C/C=C\C/C=C\CC. The summed E-state index contributed by atoms with van der Waals surface area (Å²) in [6, 6.07) is 0. The maximum atomic E-state index is 12.9. The van der Waals surface area contributed by atoms with E-state index >= 15 is 0 Å². The molecule has 424 valence electrons. The van der Waals surface area contributed by atoms with Gasteiger partial charge in [-0.15, -0.1) is 0 Å². The number of ether oxygens (including phenoxy) is 3. The van der Waals surface area contributed by atoms with E-state index in [0.29, 0.717) is 19.3 Å². The van der Waals surface area contributed by atoms with E-state index in [-0.39, 0.29) is 31.1 Å². The van der Waals surface area contributed by atoms with E-state index in [4.69, 9.17) is 14.2 Å². The molecule has 75 heavy (non-hydrogen) atoms. The lowest BCUT2D eigenvalue weighted by molar-refractivity contribution is -0.167. The van der Waals surface area contributed by atoms with Crippen LogP contribution in [0.3, 0.4) is 0 Å². The summed E-state index contributed by atoms with van der Waals surface area (Å²) >= 11 is 0. The van der Waals surface area contributed by atoms with Gasteiger partial charge in [0.25, 0.3) is 0 Å². The van der Waals surface area contributed by atoms with Crippen molar-refractivity contribution >= 4 is 17.9 Å². The Morgan fingerprint density at radius 3 is 0.827 bits per heavy atom. The Morgan fingerprint density at radius 2 is 0.520 bits per heavy atom. The molecule has 0 aliphatic carbocycles. The van der Waals surface area contributed by atoms with E-state index in [1.54, 1.807) is 0 Å². The monoisotopic (exact) mass is 1040 g/mol. The Labute approximate surface area is 462 Å². The molecular weight excluding hydrogens is 925 g/mol. The summed E-state index contributed by atoms with van der Waals surface area (Å²) in [5, 5.41) is 0. The van der Waals surface area contributed by atoms with Crippen LogP contribution >= 0.6 is 0 Å². The molecule has 6 heteroatoms. The highest BCUT2D eigenvalue weighted by atomic mass is 16.6. The summed E-state index contributed by atoms with van der Waals surface area (Å²) in [5.74, 6) is -0.940. The summed E-state index contributed by atoms with van der Waals surface area (Å²) in [7, 11) is 0. The molecule has 0 bridgehead atoms. The quantitative estimate of drug-likeness (QED) is 0.0261. The van der Waals surface area contributed by atoms with Gasteiger partial charge in [0.1, 0.15) is 13.2 Å². The summed E-state index contributed by atoms with van der Waals surface area (Å²) in [5.41, 5.74) is 0. The van der Waals surface area contributed by atoms with Crippen LogP contribution in [0.2, 0.25) is 0 Å². The molecule has 0 aromatic rings. The molecule has 0 radical (unpaired) electrons. The zero-order valence-corrected chi connectivity index (χ0v) is 48.5. The number of hydrogen-bond acceptors (Lipinski definition) is 6. The Bertz CT molecular complexity index is 1620. The van der Waals surface area contributed by atoms with Gasteiger partial charge in [-0.05, 0) is 135 Å². The third-order valence-electron chi connectivity index (χ3n) is 12.6. The van der Waals surface area contributed by atoms with Gasteiger partial charge in [-0.2, -0.15) is 0 Å². The van der Waals surface area contributed by atoms with Gasteiger partial charge in [-0.3, -0.25) is 14.4 Å². The normalized spacial score (nSPS) is 13.1. The van der Waals surface area contributed by atoms with Crippen LogP contribution in [-0.2, 0) is 28.6 Å². The molecule has 0 aliphatic rings. The number of esters is 3. The number of carbonyl (C=O) groups is 3. The molecule has 1 unspecified atom stereocenters. The number of carbonyl (C=O) groups excluding carboxylic acids is 3. The smallest absolute Gasteiger partial charge is 0.306 e. The lowest BCUT2D eigenvalue weighted by atomic mass is 10.1. The second-order valence-electron chi connectivity index (χ2n) is 19.8. The molecule has 0 saturated heterocycles. The molecule has 0 aromatic carbocycles. The van der Waals surface area contributed by atoms with Crippen LogP contribution in [0.25, 0.3) is 0 Å². The Morgan fingerprint density at radius 1 is 0.280 bits per heavy atom. The zero-order valence-electron chi connectivity index (χ0n) is 48.5. The maximum Gasteiger partial charge on any atom is 0.306 e. The summed E-state index contributed by atoms with van der Waals surface area (Å²) in [4.78, 5) is 38.2. The second kappa shape index (κ2) is 62.1. The van der Waals surface area contributed by atoms with Gasteiger partial charge < -0.3 is 14.2 Å². The average Bonchev–Trinajstić information content (AvgIpc) is 3.41. The average molecular weight is 1040 g/mol. The lowest BCUT2D eigenvalue weighted by Crippen LogP contribution is -2.30. The van der Waals surface area contributed by atoms with E-state index in [9.17, 15) is 14.4 Å². The number of rotatable bonds is 54. The molecule has 0 aliphatic heterocycles. The molecule has 0 N–H and O–H groups in total. The van der Waals surface area contributed by atoms with Gasteiger partial charge in [0.15, 0.2) is 6.10 Å². The molecule has 0 aromatic heterocycles. The van der Waals surface area contributed by atoms with E-state index in [2.05, 4.69) is 154 Å². The first kappa shape index (κ1) is 70.5. The minimum Gasteiger partial charge on any atom is -0.462 e. The topological polar surface area (TPSA) is 78.9 Å². The second-order valence-corrected chi connectivity index (χ2v) is 19.8. The van der Waals surface area contributed by atoms with Crippen LogP contribution in [0.5, 0.6) is 0 Å². The van der Waals surface area contributed by atoms with Crippen molar-refractivity contribution < 1.29 is 28.6 Å². The molecule has 0 amide bonds. The molecule has 0 saturated carbocycles. The fourth-order valence-electron chi connectivity index (χ4n) is 8.08. The highest BCUT2D eigenvalue weighted by Gasteiger charge is 2.19. The van der Waals surface area contributed by atoms with Crippen LogP contribution in [0, 0.1) is 0 Å². The van der Waals surface area contributed by atoms with Crippen molar-refractivity contribution in [1.29, 1.82) is 0 Å². The van der Waals surface area contributed by atoms with Crippen molar-refractivity contribution in [3.8, 4) is 0 Å². The molecule has 1 atom stereocenters. The summed E-state index contributed by atoms with van der Waals surface area (Å²) in [6.07, 6.45) is 87.3. The van der Waals surface area contributed by atoms with Crippen molar-refractivity contribution in [2.75, 3.05) is 13.2 Å². The first-order valence-corrected chi connectivity index (χ1v) is 30.7. The van der Waals surface area contributed by atoms with Gasteiger partial charge in [0, 0.05) is 19.3 Å². The van der Waals surface area contributed by atoms with Gasteiger partial charge in [-0.25, -0.2) is 0 Å². The van der Waals surface area contributed by atoms with E-state index in [1.807, 2.05) is 0 Å². The van der Waals surface area contributed by atoms with Crippen molar-refractivity contribution in [2.24, 2.45) is 0 Å². The highest BCUT2D eigenvalue weighted by molar-refractivity contribution is 5.71. The number of hydrogen-bond donors (Lipinski definition) is 0. The third kappa shape index (κ3) is 60.3. The highest BCUT2D eigenvalue weighted by Crippen LogP contribution is 2.14. The Hall–Kier alpha value is -4.45. The summed E-state index contributed by atoms with van der Waals surface area (Å²) < 4.78 is 16.9. The van der Waals surface area contributed by atoms with E-state index in [1.165, 1.54) is 70.6 Å². The molecular formula is C69H112O6. The minimum absolute atomic E-state index is 0.0983. The fraction of sp³-hybridized carbons (Fsp3) is 0.638. The summed E-state index contributed by atoms with van der Waals surface area (Å²) in [6.45, 7) is 6.36. The predicted molar refractivity (Wildman–Crippen MR) is 325 cm³/mol. The van der Waals surface area contributed by atoms with Crippen molar-refractivity contribution in [3.63, 3.8) is 0 Å². The molecule has 0 spiro atoms. The molecule has 0 rings (SSSR count). The standard InChI is InChI=1S/C69H112O6/c1-4-7-10-13-16-19-22-25-27-29-30-31-32-33-34-35-36-37-38-40-41-44-47-50-53-56-59-62-68(71)74-65-66(64-73-67(70)61-58-55-52-49-46-43-24-21-18-15-12-9-6-3)75-69(72)63-60-57-54-51-48-45-42-39-28-26-23-20-17-14-11-8-5-2/h7-8,10-11,16-17,19-21,24-28,30-31,33-34,36-37,42,45,66H,4-6,9,12-15,18,22-23,29,32,35,38-41,43-44,46-65H2,1-3H3/b10-7-,11-8-,19-16-,20-17-,24-21-,27-25-,28-26-,31-30-,34-33-,37-36-,45-42-. The first-order chi connectivity index (χ1) is 37.0. The largest absolute Gasteiger partial charge is 0.462 e. The van der Waals surface area contributed by atoms with Crippen LogP contribution in [0.4, 0.5) is 0 Å². The Balaban J connectivity index is 4.39. The first-order valence-electron chi connectivity index (χ1n) is 30.7. The van der Waals surface area contributed by atoms with E-state index in [0.717, 1.165) is 154 Å². The van der Waals surface area contributed by atoms with Gasteiger partial charge in [-0.1, -0.05) is 244 Å². The molecule has 0 heterocycles. The van der Waals surface area contributed by atoms with Gasteiger partial charge in [0.05, 0.1) is 0 Å². The van der Waals surface area contributed by atoms with Crippen LogP contribution in [0.1, 0.15) is 265 Å². The maximum absolute atomic E-state index is 12.9. The molecule has 0 fully saturated rings. The predicted octanol–water partition coefficient (Wildman–Crippen LogP) is 21.0. The van der Waals surface area contributed by atoms with Gasteiger partial charge >= 0.3 is 17.9 Å². The minimum atomic E-state index is -0.803. The van der Waals surface area contributed by atoms with Crippen LogP contribution in [0.15, 0.2) is 134 Å². The van der Waals surface area contributed by atoms with Crippen molar-refractivity contribution in [1.82, 2.24) is 0 Å². The third-order valence-corrected chi connectivity index (χ3v) is 12.6. The Kier molecular flexibility index (Phi) is 58.4. The molecule has 6 nitrogen and oxygen atoms in total. The van der Waals surface area contributed by atoms with Crippen molar-refractivity contribution in [3.05, 3.63) is 134 Å². The zero-order chi connectivity index (χ0) is 54.3.